The number of sulfonamides is 1. The van der Waals surface area contributed by atoms with Crippen LogP contribution in [0, 0.1) is 0 Å². The van der Waals surface area contributed by atoms with Crippen molar-refractivity contribution in [3.05, 3.63) is 23.2 Å². The van der Waals surface area contributed by atoms with E-state index >= 15 is 0 Å². The molecule has 0 amide bonds. The molecule has 94 valence electrons. The Labute approximate surface area is 109 Å². The highest BCUT2D eigenvalue weighted by Gasteiger charge is 2.16. The van der Waals surface area contributed by atoms with Crippen molar-refractivity contribution in [2.75, 3.05) is 13.7 Å². The van der Waals surface area contributed by atoms with Gasteiger partial charge in [-0.05, 0) is 29.8 Å². The van der Waals surface area contributed by atoms with Crippen LogP contribution in [0.4, 0.5) is 0 Å². The molecule has 0 fully saturated rings. The van der Waals surface area contributed by atoms with E-state index in [0.717, 1.165) is 0 Å². The first-order chi connectivity index (χ1) is 7.86. The summed E-state index contributed by atoms with van der Waals surface area (Å²) in [6, 6.07) is 3.95. The van der Waals surface area contributed by atoms with Crippen LogP contribution >= 0.6 is 23.2 Å². The number of halogens is 2. The third kappa shape index (κ3) is 3.85. The standard InChI is InChI=1S/C9H9Cl2NO4S/c1-16-8-3-2-6(4-7(8)10)17(14,15)12-5-9(11)13/h2-4,12H,5H2,1H3. The second-order valence-corrected chi connectivity index (χ2v) is 5.57. The third-order valence-corrected chi connectivity index (χ3v) is 3.66. The quantitative estimate of drug-likeness (QED) is 0.834. The van der Waals surface area contributed by atoms with Crippen molar-refractivity contribution in [3.8, 4) is 5.75 Å². The minimum Gasteiger partial charge on any atom is -0.495 e. The highest BCUT2D eigenvalue weighted by Crippen LogP contribution is 2.26. The maximum Gasteiger partial charge on any atom is 0.241 e. The van der Waals surface area contributed by atoms with E-state index < -0.39 is 21.8 Å². The van der Waals surface area contributed by atoms with Crippen LogP contribution in [-0.4, -0.2) is 27.3 Å². The average molecular weight is 298 g/mol. The molecule has 0 bridgehead atoms. The molecule has 0 saturated heterocycles. The van der Waals surface area contributed by atoms with Gasteiger partial charge in [-0.1, -0.05) is 11.6 Å². The Hall–Kier alpha value is -0.820. The number of benzene rings is 1. The Balaban J connectivity index is 2.99. The highest BCUT2D eigenvalue weighted by atomic mass is 35.5. The first-order valence-corrected chi connectivity index (χ1v) is 6.62. The second-order valence-electron chi connectivity index (χ2n) is 2.98. The third-order valence-electron chi connectivity index (χ3n) is 1.83. The molecule has 1 N–H and O–H groups in total. The number of hydrogen-bond acceptors (Lipinski definition) is 4. The molecule has 0 spiro atoms. The normalized spacial score (nSPS) is 11.2. The Kier molecular flexibility index (Phi) is 4.76. The van der Waals surface area contributed by atoms with Gasteiger partial charge in [0.05, 0.1) is 23.6 Å². The molecule has 0 heterocycles. The molecule has 1 rings (SSSR count). The smallest absolute Gasteiger partial charge is 0.241 e. The Morgan fingerprint density at radius 1 is 1.47 bits per heavy atom. The minimum absolute atomic E-state index is 0.0683. The fraction of sp³-hybridized carbons (Fsp3) is 0.222. The molecule has 0 unspecified atom stereocenters. The summed E-state index contributed by atoms with van der Waals surface area (Å²) in [7, 11) is -2.38. The first kappa shape index (κ1) is 14.2. The molecule has 8 heteroatoms. The number of carbonyl (C=O) groups is 1. The van der Waals surface area contributed by atoms with Gasteiger partial charge in [0.15, 0.2) is 0 Å². The van der Waals surface area contributed by atoms with E-state index in [9.17, 15) is 13.2 Å². The van der Waals surface area contributed by atoms with E-state index in [2.05, 4.69) is 0 Å². The molecule has 0 aliphatic heterocycles. The zero-order valence-electron chi connectivity index (χ0n) is 8.74. The van der Waals surface area contributed by atoms with Gasteiger partial charge in [0.1, 0.15) is 5.75 Å². The van der Waals surface area contributed by atoms with Crippen molar-refractivity contribution in [1.82, 2.24) is 4.72 Å². The van der Waals surface area contributed by atoms with Crippen LogP contribution in [0.1, 0.15) is 0 Å². The lowest BCUT2D eigenvalue weighted by Crippen LogP contribution is -2.27. The van der Waals surface area contributed by atoms with Gasteiger partial charge in [0.25, 0.3) is 0 Å². The number of hydrogen-bond donors (Lipinski definition) is 1. The predicted octanol–water partition coefficient (Wildman–Crippen LogP) is 1.39. The molecule has 17 heavy (non-hydrogen) atoms. The largest absolute Gasteiger partial charge is 0.495 e. The summed E-state index contributed by atoms with van der Waals surface area (Å²) in [5.74, 6) is 0.360. The van der Waals surface area contributed by atoms with Crippen molar-refractivity contribution in [2.24, 2.45) is 0 Å². The van der Waals surface area contributed by atoms with Crippen LogP contribution in [-0.2, 0) is 14.8 Å². The number of rotatable bonds is 5. The molecule has 0 aromatic heterocycles. The molecule has 1 aromatic carbocycles. The summed E-state index contributed by atoms with van der Waals surface area (Å²) in [5.41, 5.74) is 0. The molecule has 1 aromatic rings. The monoisotopic (exact) mass is 297 g/mol. The summed E-state index contributed by atoms with van der Waals surface area (Å²) in [5, 5.41) is -0.638. The first-order valence-electron chi connectivity index (χ1n) is 4.38. The van der Waals surface area contributed by atoms with Gasteiger partial charge in [-0.3, -0.25) is 4.79 Å². The van der Waals surface area contributed by atoms with Crippen LogP contribution in [0.2, 0.25) is 5.02 Å². The molecular formula is C9H9Cl2NO4S. The summed E-state index contributed by atoms with van der Waals surface area (Å²) in [6.45, 7) is -0.479. The van der Waals surface area contributed by atoms with Crippen LogP contribution in [0.25, 0.3) is 0 Å². The van der Waals surface area contributed by atoms with E-state index in [1.54, 1.807) is 0 Å². The van der Waals surface area contributed by atoms with Crippen molar-refractivity contribution in [3.63, 3.8) is 0 Å². The van der Waals surface area contributed by atoms with Crippen LogP contribution in [0.3, 0.4) is 0 Å². The minimum atomic E-state index is -3.80. The van der Waals surface area contributed by atoms with E-state index in [1.165, 1.54) is 25.3 Å². The zero-order chi connectivity index (χ0) is 13.1. The van der Waals surface area contributed by atoms with Crippen molar-refractivity contribution in [1.29, 1.82) is 0 Å². The number of ether oxygens (including phenoxy) is 1. The molecule has 0 aliphatic rings. The van der Waals surface area contributed by atoms with Gasteiger partial charge >= 0.3 is 0 Å². The summed E-state index contributed by atoms with van der Waals surface area (Å²) < 4.78 is 30.3. The van der Waals surface area contributed by atoms with E-state index in [4.69, 9.17) is 27.9 Å². The number of nitrogens with one attached hydrogen (secondary N) is 1. The van der Waals surface area contributed by atoms with Crippen LogP contribution in [0.5, 0.6) is 5.75 Å². The van der Waals surface area contributed by atoms with Gasteiger partial charge in [0.2, 0.25) is 15.3 Å². The number of methoxy groups -OCH3 is 1. The summed E-state index contributed by atoms with van der Waals surface area (Å²) >= 11 is 10.8. The Bertz CT molecular complexity index is 530. The van der Waals surface area contributed by atoms with Gasteiger partial charge in [-0.2, -0.15) is 0 Å². The maximum atomic E-state index is 11.7. The maximum absolute atomic E-state index is 11.7. The second kappa shape index (κ2) is 5.68. The summed E-state index contributed by atoms with van der Waals surface area (Å²) in [4.78, 5) is 10.4. The van der Waals surface area contributed by atoms with E-state index in [-0.39, 0.29) is 9.92 Å². The Morgan fingerprint density at radius 2 is 2.12 bits per heavy atom. The lowest BCUT2D eigenvalue weighted by atomic mass is 10.3. The summed E-state index contributed by atoms with van der Waals surface area (Å²) in [6.07, 6.45) is 0. The topological polar surface area (TPSA) is 72.5 Å². The van der Waals surface area contributed by atoms with Crippen LogP contribution in [0.15, 0.2) is 23.1 Å². The zero-order valence-corrected chi connectivity index (χ0v) is 11.1. The predicted molar refractivity (Wildman–Crippen MR) is 64.1 cm³/mol. The Morgan fingerprint density at radius 3 is 2.59 bits per heavy atom. The molecule has 0 radical (unpaired) electrons. The molecule has 0 aliphatic carbocycles. The van der Waals surface area contributed by atoms with Crippen molar-refractivity contribution >= 4 is 38.5 Å². The SMILES string of the molecule is COc1ccc(S(=O)(=O)NCC(=O)Cl)cc1Cl. The lowest BCUT2D eigenvalue weighted by Gasteiger charge is -2.07. The average Bonchev–Trinajstić information content (AvgIpc) is 2.26. The van der Waals surface area contributed by atoms with Crippen molar-refractivity contribution < 1.29 is 17.9 Å². The van der Waals surface area contributed by atoms with Gasteiger partial charge < -0.3 is 4.74 Å². The van der Waals surface area contributed by atoms with E-state index in [0.29, 0.717) is 5.75 Å². The number of carbonyl (C=O) groups excluding carboxylic acids is 1. The fourth-order valence-electron chi connectivity index (χ4n) is 1.05. The van der Waals surface area contributed by atoms with Crippen LogP contribution < -0.4 is 9.46 Å². The van der Waals surface area contributed by atoms with Gasteiger partial charge in [-0.15, -0.1) is 0 Å². The van der Waals surface area contributed by atoms with Gasteiger partial charge in [0, 0.05) is 0 Å². The molecule has 0 saturated carbocycles. The molecular weight excluding hydrogens is 289 g/mol. The van der Waals surface area contributed by atoms with Gasteiger partial charge in [-0.25, -0.2) is 13.1 Å². The van der Waals surface area contributed by atoms with Crippen molar-refractivity contribution in [2.45, 2.75) is 4.90 Å². The fourth-order valence-corrected chi connectivity index (χ4v) is 2.53. The van der Waals surface area contributed by atoms with E-state index in [1.807, 2.05) is 4.72 Å². The molecule has 0 atom stereocenters. The lowest BCUT2D eigenvalue weighted by molar-refractivity contribution is -0.110. The molecule has 5 nitrogen and oxygen atoms in total. The highest BCUT2D eigenvalue weighted by molar-refractivity contribution is 7.89.